The van der Waals surface area contributed by atoms with Crippen LogP contribution in [-0.2, 0) is 20.3 Å². The molecule has 0 radical (unpaired) electrons. The van der Waals surface area contributed by atoms with Crippen molar-refractivity contribution in [2.75, 3.05) is 18.4 Å². The number of nitrogens with zero attached hydrogens (tertiary/aromatic N) is 4. The quantitative estimate of drug-likeness (QED) is 0.221. The number of aryl methyl sites for hydroxylation is 1. The van der Waals surface area contributed by atoms with E-state index < -0.39 is 20.7 Å². The number of hydrogen-bond donors (Lipinski definition) is 1. The van der Waals surface area contributed by atoms with Crippen LogP contribution in [0.5, 0.6) is 11.6 Å². The zero-order chi connectivity index (χ0) is 32.4. The predicted molar refractivity (Wildman–Crippen MR) is 176 cm³/mol. The van der Waals surface area contributed by atoms with Crippen LogP contribution in [0.2, 0.25) is 0 Å². The SMILES string of the molecule is Cc1ccc2c(CS(=O)(=O)C(C)C)cccc2c1Oc1ncccc1-c1ccnc(N[C@H]2CCCN(C(=O)OC(C)(C)C)C2)n1. The van der Waals surface area contributed by atoms with E-state index in [0.717, 1.165) is 34.7 Å². The van der Waals surface area contributed by atoms with E-state index in [0.29, 0.717) is 41.9 Å². The molecule has 0 unspecified atom stereocenters. The van der Waals surface area contributed by atoms with E-state index in [1.165, 1.54) is 0 Å². The van der Waals surface area contributed by atoms with Crippen LogP contribution in [0.3, 0.4) is 0 Å². The van der Waals surface area contributed by atoms with E-state index in [2.05, 4.69) is 15.3 Å². The maximum atomic E-state index is 12.8. The van der Waals surface area contributed by atoms with Gasteiger partial charge in [-0.05, 0) is 89.1 Å². The first kappa shape index (κ1) is 32.2. The zero-order valence-electron chi connectivity index (χ0n) is 26.7. The van der Waals surface area contributed by atoms with Crippen LogP contribution < -0.4 is 10.1 Å². The minimum atomic E-state index is -3.30. The molecular formula is C34H41N5O5S. The van der Waals surface area contributed by atoms with Crippen molar-refractivity contribution in [2.45, 2.75) is 77.0 Å². The number of carbonyl (C=O) groups is 1. The summed E-state index contributed by atoms with van der Waals surface area (Å²) >= 11 is 0. The van der Waals surface area contributed by atoms with Gasteiger partial charge >= 0.3 is 6.09 Å². The van der Waals surface area contributed by atoms with Gasteiger partial charge in [-0.25, -0.2) is 28.2 Å². The van der Waals surface area contributed by atoms with Crippen LogP contribution in [0.1, 0.15) is 58.6 Å². The Labute approximate surface area is 265 Å². The summed E-state index contributed by atoms with van der Waals surface area (Å²) in [6, 6.07) is 15.0. The monoisotopic (exact) mass is 631 g/mol. The maximum Gasteiger partial charge on any atom is 0.410 e. The second-order valence-electron chi connectivity index (χ2n) is 12.7. The Morgan fingerprint density at radius 2 is 1.84 bits per heavy atom. The molecule has 0 saturated carbocycles. The van der Waals surface area contributed by atoms with Crippen LogP contribution in [-0.4, -0.2) is 64.3 Å². The molecule has 2 aromatic carbocycles. The highest BCUT2D eigenvalue weighted by Gasteiger charge is 2.28. The van der Waals surface area contributed by atoms with Gasteiger partial charge in [-0.2, -0.15) is 0 Å². The topological polar surface area (TPSA) is 124 Å². The Morgan fingerprint density at radius 3 is 2.60 bits per heavy atom. The van der Waals surface area contributed by atoms with Crippen LogP contribution in [0.4, 0.5) is 10.7 Å². The molecule has 1 saturated heterocycles. The number of nitrogens with one attached hydrogen (secondary N) is 1. The molecule has 45 heavy (non-hydrogen) atoms. The van der Waals surface area contributed by atoms with Gasteiger partial charge < -0.3 is 19.7 Å². The number of aromatic nitrogens is 3. The number of anilines is 1. The molecule has 1 fully saturated rings. The molecule has 1 aliphatic heterocycles. The fraction of sp³-hybridized carbons (Fsp3) is 0.412. The highest BCUT2D eigenvalue weighted by Crippen LogP contribution is 2.38. The Kier molecular flexibility index (Phi) is 9.29. The second kappa shape index (κ2) is 13.0. The molecule has 2 aromatic heterocycles. The number of sulfone groups is 1. The normalized spacial score (nSPS) is 15.7. The predicted octanol–water partition coefficient (Wildman–Crippen LogP) is 6.93. The van der Waals surface area contributed by atoms with Crippen molar-refractivity contribution in [3.8, 4) is 22.9 Å². The van der Waals surface area contributed by atoms with Crippen LogP contribution >= 0.6 is 0 Å². The Bertz CT molecular complexity index is 1800. The molecule has 238 valence electrons. The van der Waals surface area contributed by atoms with E-state index in [4.69, 9.17) is 14.5 Å². The lowest BCUT2D eigenvalue weighted by atomic mass is 10.0. The molecule has 1 atom stereocenters. The summed E-state index contributed by atoms with van der Waals surface area (Å²) in [5, 5.41) is 4.55. The van der Waals surface area contributed by atoms with Gasteiger partial charge in [-0.3, -0.25) is 0 Å². The number of pyridine rings is 1. The van der Waals surface area contributed by atoms with E-state index in [1.54, 1.807) is 37.2 Å². The molecular weight excluding hydrogens is 590 g/mol. The van der Waals surface area contributed by atoms with Crippen molar-refractivity contribution in [1.82, 2.24) is 19.9 Å². The largest absolute Gasteiger partial charge is 0.444 e. The van der Waals surface area contributed by atoms with Gasteiger partial charge in [0.25, 0.3) is 0 Å². The number of amides is 1. The summed E-state index contributed by atoms with van der Waals surface area (Å²) in [6.07, 6.45) is 4.73. The molecule has 5 rings (SSSR count). The lowest BCUT2D eigenvalue weighted by molar-refractivity contribution is 0.0206. The number of piperidine rings is 1. The van der Waals surface area contributed by atoms with Gasteiger partial charge in [0.05, 0.1) is 22.3 Å². The average molecular weight is 632 g/mol. The fourth-order valence-corrected chi connectivity index (χ4v) is 6.28. The standard InChI is InChI=1S/C34H41N5O5S/c1-22(2)45(41,42)21-24-10-7-12-27-26(24)15-14-23(3)30(27)43-31-28(13-8-17-35-31)29-16-18-36-32(38-29)37-25-11-9-19-39(20-25)33(40)44-34(4,5)6/h7-8,10,12-18,22,25H,9,11,19-21H2,1-6H3,(H,36,37,38)/t25-/m0/s1. The van der Waals surface area contributed by atoms with Crippen molar-refractivity contribution in [3.63, 3.8) is 0 Å². The Morgan fingerprint density at radius 1 is 1.04 bits per heavy atom. The van der Waals surface area contributed by atoms with Crippen LogP contribution in [0, 0.1) is 6.92 Å². The van der Waals surface area contributed by atoms with E-state index in [9.17, 15) is 13.2 Å². The number of likely N-dealkylation sites (tertiary alicyclic amines) is 1. The summed E-state index contributed by atoms with van der Waals surface area (Å²) in [7, 11) is -3.30. The fourth-order valence-electron chi connectivity index (χ4n) is 5.26. The van der Waals surface area contributed by atoms with Gasteiger partial charge in [-0.1, -0.05) is 30.3 Å². The molecule has 10 nitrogen and oxygen atoms in total. The summed E-state index contributed by atoms with van der Waals surface area (Å²) in [4.78, 5) is 28.1. The third kappa shape index (κ3) is 7.70. The first-order valence-corrected chi connectivity index (χ1v) is 17.0. The summed E-state index contributed by atoms with van der Waals surface area (Å²) < 4.78 is 37.6. The second-order valence-corrected chi connectivity index (χ2v) is 15.3. The number of hydrogen-bond acceptors (Lipinski definition) is 9. The third-order valence-corrected chi connectivity index (χ3v) is 9.83. The molecule has 0 aliphatic carbocycles. The van der Waals surface area contributed by atoms with Gasteiger partial charge in [-0.15, -0.1) is 0 Å². The van der Waals surface area contributed by atoms with Crippen molar-refractivity contribution >= 4 is 32.7 Å². The number of carbonyl (C=O) groups excluding carboxylic acids is 1. The minimum absolute atomic E-state index is 0.0295. The summed E-state index contributed by atoms with van der Waals surface area (Å²) in [6.45, 7) is 12.1. The van der Waals surface area contributed by atoms with Gasteiger partial charge in [0.1, 0.15) is 11.4 Å². The van der Waals surface area contributed by atoms with Crippen molar-refractivity contribution < 1.29 is 22.7 Å². The summed E-state index contributed by atoms with van der Waals surface area (Å²) in [5.41, 5.74) is 2.36. The van der Waals surface area contributed by atoms with Crippen molar-refractivity contribution in [2.24, 2.45) is 0 Å². The Hall–Kier alpha value is -4.25. The van der Waals surface area contributed by atoms with E-state index >= 15 is 0 Å². The highest BCUT2D eigenvalue weighted by atomic mass is 32.2. The lowest BCUT2D eigenvalue weighted by Gasteiger charge is -2.34. The lowest BCUT2D eigenvalue weighted by Crippen LogP contribution is -2.47. The highest BCUT2D eigenvalue weighted by molar-refractivity contribution is 7.91. The van der Waals surface area contributed by atoms with Gasteiger partial charge in [0.2, 0.25) is 11.8 Å². The zero-order valence-corrected chi connectivity index (χ0v) is 27.5. The van der Waals surface area contributed by atoms with Gasteiger partial charge in [0.15, 0.2) is 9.84 Å². The molecule has 4 aromatic rings. The Balaban J connectivity index is 1.40. The molecule has 0 bridgehead atoms. The first-order chi connectivity index (χ1) is 21.3. The molecule has 0 spiro atoms. The van der Waals surface area contributed by atoms with Crippen LogP contribution in [0.25, 0.3) is 22.0 Å². The molecule has 11 heteroatoms. The molecule has 1 aliphatic rings. The molecule has 1 amide bonds. The number of fused-ring (bicyclic) bond motifs is 1. The van der Waals surface area contributed by atoms with E-state index in [-0.39, 0.29) is 17.9 Å². The number of benzene rings is 2. The number of rotatable bonds is 8. The molecule has 1 N–H and O–H groups in total. The van der Waals surface area contributed by atoms with Crippen molar-refractivity contribution in [3.05, 3.63) is 72.1 Å². The first-order valence-electron chi connectivity index (χ1n) is 15.2. The van der Waals surface area contributed by atoms with Gasteiger partial charge in [0, 0.05) is 36.9 Å². The third-order valence-electron chi connectivity index (χ3n) is 7.68. The molecule has 3 heterocycles. The smallest absolute Gasteiger partial charge is 0.410 e. The number of ether oxygens (including phenoxy) is 2. The summed E-state index contributed by atoms with van der Waals surface area (Å²) in [5.74, 6) is 1.36. The maximum absolute atomic E-state index is 12.8. The van der Waals surface area contributed by atoms with Crippen LogP contribution in [0.15, 0.2) is 60.9 Å². The van der Waals surface area contributed by atoms with E-state index in [1.807, 2.05) is 70.2 Å². The minimum Gasteiger partial charge on any atom is -0.444 e. The average Bonchev–Trinajstić information content (AvgIpc) is 2.98. The van der Waals surface area contributed by atoms with Crippen molar-refractivity contribution in [1.29, 1.82) is 0 Å².